The van der Waals surface area contributed by atoms with Gasteiger partial charge in [0.05, 0.1) is 31.1 Å². The summed E-state index contributed by atoms with van der Waals surface area (Å²) in [6.07, 6.45) is 6.88. The van der Waals surface area contributed by atoms with Gasteiger partial charge in [0.15, 0.2) is 11.5 Å². The molecule has 1 N–H and O–H groups in total. The van der Waals surface area contributed by atoms with Gasteiger partial charge in [0.25, 0.3) is 5.91 Å². The Morgan fingerprint density at radius 1 is 1.17 bits per heavy atom. The molecule has 1 aliphatic rings. The standard InChI is InChI=1S/C23H27N3O3/c1-3-29-21-11-8-16(12-22(21)28-2)14-24-23(27)17-9-10-20-19(13-17)25-15-26(20)18-6-4-5-7-18/h8-13,15,18H,3-7,14H2,1-2H3,(H,24,27). The summed E-state index contributed by atoms with van der Waals surface area (Å²) in [5.74, 6) is 1.25. The van der Waals surface area contributed by atoms with E-state index in [1.807, 2.05) is 49.6 Å². The van der Waals surface area contributed by atoms with Crippen molar-refractivity contribution >= 4 is 16.9 Å². The Bertz CT molecular complexity index is 1010. The number of fused-ring (bicyclic) bond motifs is 1. The summed E-state index contributed by atoms with van der Waals surface area (Å²) >= 11 is 0. The third-order valence-electron chi connectivity index (χ3n) is 5.54. The molecule has 1 heterocycles. The number of methoxy groups -OCH3 is 1. The molecule has 0 spiro atoms. The van der Waals surface area contributed by atoms with Gasteiger partial charge in [-0.3, -0.25) is 4.79 Å². The number of aromatic nitrogens is 2. The van der Waals surface area contributed by atoms with E-state index in [1.54, 1.807) is 7.11 Å². The van der Waals surface area contributed by atoms with Gasteiger partial charge in [-0.1, -0.05) is 18.9 Å². The van der Waals surface area contributed by atoms with Gasteiger partial charge in [-0.2, -0.15) is 0 Å². The Kier molecular flexibility index (Phi) is 5.69. The Hall–Kier alpha value is -3.02. The maximum absolute atomic E-state index is 12.6. The highest BCUT2D eigenvalue weighted by molar-refractivity contribution is 5.97. The van der Waals surface area contributed by atoms with Gasteiger partial charge in [-0.25, -0.2) is 4.98 Å². The van der Waals surface area contributed by atoms with E-state index in [0.29, 0.717) is 36.3 Å². The van der Waals surface area contributed by atoms with Crippen LogP contribution < -0.4 is 14.8 Å². The van der Waals surface area contributed by atoms with Crippen molar-refractivity contribution in [3.05, 3.63) is 53.9 Å². The fourth-order valence-electron chi connectivity index (χ4n) is 4.03. The Morgan fingerprint density at radius 3 is 2.76 bits per heavy atom. The van der Waals surface area contributed by atoms with Gasteiger partial charge < -0.3 is 19.4 Å². The Morgan fingerprint density at radius 2 is 2.00 bits per heavy atom. The summed E-state index contributed by atoms with van der Waals surface area (Å²) in [6.45, 7) is 2.92. The zero-order chi connectivity index (χ0) is 20.2. The number of amides is 1. The van der Waals surface area contributed by atoms with Gasteiger partial charge in [0.2, 0.25) is 0 Å². The minimum absolute atomic E-state index is 0.116. The number of carbonyl (C=O) groups is 1. The lowest BCUT2D eigenvalue weighted by Crippen LogP contribution is -2.22. The minimum atomic E-state index is -0.116. The molecule has 1 aromatic heterocycles. The number of imidazole rings is 1. The van der Waals surface area contributed by atoms with Crippen LogP contribution in [0.25, 0.3) is 11.0 Å². The Balaban J connectivity index is 1.45. The summed E-state index contributed by atoms with van der Waals surface area (Å²) in [4.78, 5) is 17.2. The maximum atomic E-state index is 12.6. The van der Waals surface area contributed by atoms with E-state index in [4.69, 9.17) is 9.47 Å². The molecule has 2 aromatic carbocycles. The van der Waals surface area contributed by atoms with Crippen LogP contribution in [0, 0.1) is 0 Å². The third-order valence-corrected chi connectivity index (χ3v) is 5.54. The smallest absolute Gasteiger partial charge is 0.251 e. The van der Waals surface area contributed by atoms with E-state index in [-0.39, 0.29) is 5.91 Å². The van der Waals surface area contributed by atoms with E-state index >= 15 is 0 Å². The number of hydrogen-bond acceptors (Lipinski definition) is 4. The molecule has 29 heavy (non-hydrogen) atoms. The van der Waals surface area contributed by atoms with Crippen LogP contribution in [-0.2, 0) is 6.54 Å². The molecule has 152 valence electrons. The quantitative estimate of drug-likeness (QED) is 0.642. The van der Waals surface area contributed by atoms with Crippen molar-refractivity contribution in [3.63, 3.8) is 0 Å². The number of carbonyl (C=O) groups excluding carboxylic acids is 1. The van der Waals surface area contributed by atoms with Gasteiger partial charge in [0, 0.05) is 18.2 Å². The largest absolute Gasteiger partial charge is 0.493 e. The van der Waals surface area contributed by atoms with Crippen LogP contribution in [0.3, 0.4) is 0 Å². The summed E-state index contributed by atoms with van der Waals surface area (Å²) in [7, 11) is 1.61. The van der Waals surface area contributed by atoms with Crippen LogP contribution >= 0.6 is 0 Å². The van der Waals surface area contributed by atoms with E-state index in [1.165, 1.54) is 25.7 Å². The summed E-state index contributed by atoms with van der Waals surface area (Å²) in [6, 6.07) is 12.0. The highest BCUT2D eigenvalue weighted by atomic mass is 16.5. The average Bonchev–Trinajstić information content (AvgIpc) is 3.42. The van der Waals surface area contributed by atoms with Crippen LogP contribution in [0.4, 0.5) is 0 Å². The van der Waals surface area contributed by atoms with Gasteiger partial charge in [-0.15, -0.1) is 0 Å². The summed E-state index contributed by atoms with van der Waals surface area (Å²) in [5, 5.41) is 2.97. The monoisotopic (exact) mass is 393 g/mol. The second-order valence-corrected chi connectivity index (χ2v) is 7.39. The van der Waals surface area contributed by atoms with Crippen molar-refractivity contribution in [2.24, 2.45) is 0 Å². The second-order valence-electron chi connectivity index (χ2n) is 7.39. The van der Waals surface area contributed by atoms with Crippen molar-refractivity contribution in [2.75, 3.05) is 13.7 Å². The van der Waals surface area contributed by atoms with E-state index in [0.717, 1.165) is 16.6 Å². The predicted molar refractivity (Wildman–Crippen MR) is 113 cm³/mol. The number of nitrogens with zero attached hydrogens (tertiary/aromatic N) is 2. The molecule has 0 unspecified atom stereocenters. The van der Waals surface area contributed by atoms with Crippen LogP contribution in [0.15, 0.2) is 42.7 Å². The summed E-state index contributed by atoms with van der Waals surface area (Å²) in [5.41, 5.74) is 3.54. The zero-order valence-corrected chi connectivity index (χ0v) is 17.0. The van der Waals surface area contributed by atoms with Gasteiger partial charge >= 0.3 is 0 Å². The lowest BCUT2D eigenvalue weighted by molar-refractivity contribution is 0.0951. The molecule has 6 heteroatoms. The number of ether oxygens (including phenoxy) is 2. The molecular formula is C23H27N3O3. The lowest BCUT2D eigenvalue weighted by Gasteiger charge is -2.13. The van der Waals surface area contributed by atoms with Crippen LogP contribution in [0.2, 0.25) is 0 Å². The molecular weight excluding hydrogens is 366 g/mol. The zero-order valence-electron chi connectivity index (χ0n) is 17.0. The molecule has 1 amide bonds. The normalized spacial score (nSPS) is 14.3. The average molecular weight is 393 g/mol. The molecule has 3 aromatic rings. The fourth-order valence-corrected chi connectivity index (χ4v) is 4.03. The van der Waals surface area contributed by atoms with Crippen molar-refractivity contribution in [1.29, 1.82) is 0 Å². The highest BCUT2D eigenvalue weighted by Gasteiger charge is 2.19. The molecule has 1 fully saturated rings. The lowest BCUT2D eigenvalue weighted by atomic mass is 10.1. The van der Waals surface area contributed by atoms with Crippen molar-refractivity contribution in [2.45, 2.75) is 45.2 Å². The highest BCUT2D eigenvalue weighted by Crippen LogP contribution is 2.32. The molecule has 0 saturated heterocycles. The first-order chi connectivity index (χ1) is 14.2. The predicted octanol–water partition coefficient (Wildman–Crippen LogP) is 4.49. The van der Waals surface area contributed by atoms with E-state index in [9.17, 15) is 4.79 Å². The minimum Gasteiger partial charge on any atom is -0.493 e. The van der Waals surface area contributed by atoms with E-state index in [2.05, 4.69) is 14.9 Å². The third kappa shape index (κ3) is 4.06. The van der Waals surface area contributed by atoms with Crippen LogP contribution in [0.5, 0.6) is 11.5 Å². The number of rotatable bonds is 7. The van der Waals surface area contributed by atoms with Crippen molar-refractivity contribution < 1.29 is 14.3 Å². The first-order valence-electron chi connectivity index (χ1n) is 10.2. The molecule has 6 nitrogen and oxygen atoms in total. The molecule has 0 bridgehead atoms. The molecule has 1 saturated carbocycles. The second kappa shape index (κ2) is 8.55. The molecule has 0 radical (unpaired) electrons. The number of nitrogens with one attached hydrogen (secondary N) is 1. The fraction of sp³-hybridized carbons (Fsp3) is 0.391. The van der Waals surface area contributed by atoms with Gasteiger partial charge in [0.1, 0.15) is 0 Å². The molecule has 1 aliphatic carbocycles. The SMILES string of the molecule is CCOc1ccc(CNC(=O)c2ccc3c(c2)ncn3C2CCCC2)cc1OC. The van der Waals surface area contributed by atoms with Crippen molar-refractivity contribution in [1.82, 2.24) is 14.9 Å². The Labute approximate surface area is 170 Å². The maximum Gasteiger partial charge on any atom is 0.251 e. The van der Waals surface area contributed by atoms with Crippen LogP contribution in [0.1, 0.15) is 54.6 Å². The topological polar surface area (TPSA) is 65.4 Å². The molecule has 4 rings (SSSR count). The van der Waals surface area contributed by atoms with E-state index < -0.39 is 0 Å². The first kappa shape index (κ1) is 19.3. The van der Waals surface area contributed by atoms with Crippen molar-refractivity contribution in [3.8, 4) is 11.5 Å². The number of benzene rings is 2. The molecule has 0 aliphatic heterocycles. The van der Waals surface area contributed by atoms with Crippen LogP contribution in [-0.4, -0.2) is 29.2 Å². The van der Waals surface area contributed by atoms with Gasteiger partial charge in [-0.05, 0) is 55.7 Å². The molecule has 0 atom stereocenters. The summed E-state index contributed by atoms with van der Waals surface area (Å²) < 4.78 is 13.2. The first-order valence-corrected chi connectivity index (χ1v) is 10.2. The number of hydrogen-bond donors (Lipinski definition) is 1.